The fourth-order valence-electron chi connectivity index (χ4n) is 1.63. The van der Waals surface area contributed by atoms with Gasteiger partial charge in [-0.15, -0.1) is 0 Å². The number of rotatable bonds is 4. The van der Waals surface area contributed by atoms with E-state index in [2.05, 4.69) is 4.74 Å². The minimum atomic E-state index is -1.83. The van der Waals surface area contributed by atoms with Crippen LogP contribution in [0.15, 0.2) is 18.2 Å². The van der Waals surface area contributed by atoms with E-state index in [9.17, 15) is 9.90 Å². The van der Waals surface area contributed by atoms with Gasteiger partial charge in [0.2, 0.25) is 0 Å². The molecule has 1 aromatic carbocycles. The highest BCUT2D eigenvalue weighted by Crippen LogP contribution is 2.38. The Hall–Kier alpha value is -1.75. The van der Waals surface area contributed by atoms with Gasteiger partial charge in [0, 0.05) is 0 Å². The van der Waals surface area contributed by atoms with Crippen LogP contribution in [0.5, 0.6) is 11.5 Å². The van der Waals surface area contributed by atoms with Crippen LogP contribution in [0.25, 0.3) is 0 Å². The maximum absolute atomic E-state index is 11.6. The molecule has 1 N–H and O–H groups in total. The second kappa shape index (κ2) is 5.05. The van der Waals surface area contributed by atoms with Crippen LogP contribution in [0, 0.1) is 0 Å². The van der Waals surface area contributed by atoms with E-state index in [0.29, 0.717) is 11.5 Å². The summed E-state index contributed by atoms with van der Waals surface area (Å²) in [6, 6.07) is 4.97. The van der Waals surface area contributed by atoms with Crippen molar-refractivity contribution in [2.45, 2.75) is 12.5 Å². The molecule has 94 valence electrons. The van der Waals surface area contributed by atoms with E-state index < -0.39 is 11.6 Å². The van der Waals surface area contributed by atoms with Crippen LogP contribution in [0.1, 0.15) is 12.5 Å². The molecule has 5 nitrogen and oxygen atoms in total. The molecular weight excluding hydrogens is 224 g/mol. The van der Waals surface area contributed by atoms with Gasteiger partial charge >= 0.3 is 5.97 Å². The molecule has 0 saturated heterocycles. The molecule has 0 radical (unpaired) electrons. The summed E-state index contributed by atoms with van der Waals surface area (Å²) in [4.78, 5) is 11.6. The van der Waals surface area contributed by atoms with Crippen LogP contribution < -0.4 is 9.47 Å². The third-order valence-electron chi connectivity index (χ3n) is 2.50. The first-order valence-corrected chi connectivity index (χ1v) is 5.01. The number of ether oxygens (including phenoxy) is 3. The lowest BCUT2D eigenvalue weighted by molar-refractivity contribution is -0.161. The van der Waals surface area contributed by atoms with E-state index in [4.69, 9.17) is 9.47 Å². The molecule has 0 heterocycles. The van der Waals surface area contributed by atoms with Gasteiger partial charge < -0.3 is 19.3 Å². The maximum Gasteiger partial charge on any atom is 0.342 e. The summed E-state index contributed by atoms with van der Waals surface area (Å²) >= 11 is 0. The van der Waals surface area contributed by atoms with Crippen LogP contribution in [0.3, 0.4) is 0 Å². The van der Waals surface area contributed by atoms with Gasteiger partial charge in [-0.2, -0.15) is 0 Å². The largest absolute Gasteiger partial charge is 0.496 e. The summed E-state index contributed by atoms with van der Waals surface area (Å²) in [7, 11) is 4.11. The third-order valence-corrected chi connectivity index (χ3v) is 2.50. The SMILES string of the molecule is COC(=O)C(C)(O)c1c(OC)cccc1OC. The van der Waals surface area contributed by atoms with E-state index in [0.717, 1.165) is 0 Å². The molecule has 1 atom stereocenters. The van der Waals surface area contributed by atoms with E-state index in [-0.39, 0.29) is 5.56 Å². The molecule has 0 aromatic heterocycles. The Morgan fingerprint density at radius 1 is 1.18 bits per heavy atom. The number of carbonyl (C=O) groups excluding carboxylic acids is 1. The second-order valence-corrected chi connectivity index (χ2v) is 3.60. The minimum absolute atomic E-state index is 0.247. The normalized spacial score (nSPS) is 13.7. The quantitative estimate of drug-likeness (QED) is 0.798. The molecule has 0 bridgehead atoms. The highest BCUT2D eigenvalue weighted by molar-refractivity contribution is 5.82. The fraction of sp³-hybridized carbons (Fsp3) is 0.417. The Labute approximate surface area is 99.9 Å². The van der Waals surface area contributed by atoms with Crippen molar-refractivity contribution in [1.29, 1.82) is 0 Å². The Morgan fingerprint density at radius 2 is 1.65 bits per heavy atom. The zero-order valence-corrected chi connectivity index (χ0v) is 10.3. The summed E-state index contributed by atoms with van der Waals surface area (Å²) in [5.74, 6) is -0.0557. The average Bonchev–Trinajstić information content (AvgIpc) is 2.36. The first-order chi connectivity index (χ1) is 7.98. The molecule has 0 aliphatic heterocycles. The number of aliphatic hydroxyl groups is 1. The fourth-order valence-corrected chi connectivity index (χ4v) is 1.63. The summed E-state index contributed by atoms with van der Waals surface area (Å²) in [5, 5.41) is 10.2. The number of hydrogen-bond acceptors (Lipinski definition) is 5. The molecule has 0 amide bonds. The van der Waals surface area contributed by atoms with E-state index in [1.54, 1.807) is 18.2 Å². The predicted molar refractivity (Wildman–Crippen MR) is 61.1 cm³/mol. The lowest BCUT2D eigenvalue weighted by Crippen LogP contribution is -2.34. The molecule has 17 heavy (non-hydrogen) atoms. The highest BCUT2D eigenvalue weighted by atomic mass is 16.5. The Morgan fingerprint density at radius 3 is 2.00 bits per heavy atom. The molecule has 1 rings (SSSR count). The molecule has 1 unspecified atom stereocenters. The number of esters is 1. The number of carbonyl (C=O) groups is 1. The predicted octanol–water partition coefficient (Wildman–Crippen LogP) is 1.08. The smallest absolute Gasteiger partial charge is 0.342 e. The molecule has 5 heteroatoms. The van der Waals surface area contributed by atoms with Crippen LogP contribution in [-0.2, 0) is 15.1 Å². The zero-order valence-electron chi connectivity index (χ0n) is 10.3. The molecule has 0 saturated carbocycles. The Kier molecular flexibility index (Phi) is 3.96. The third kappa shape index (κ3) is 2.34. The first-order valence-electron chi connectivity index (χ1n) is 5.01. The van der Waals surface area contributed by atoms with Crippen LogP contribution >= 0.6 is 0 Å². The summed E-state index contributed by atoms with van der Waals surface area (Å²) < 4.78 is 14.8. The Bertz CT molecular complexity index is 389. The van der Waals surface area contributed by atoms with E-state index in [1.165, 1.54) is 28.3 Å². The molecule has 1 aromatic rings. The average molecular weight is 240 g/mol. The molecule has 0 aliphatic rings. The Balaban J connectivity index is 3.41. The van der Waals surface area contributed by atoms with Crippen molar-refractivity contribution in [3.05, 3.63) is 23.8 Å². The monoisotopic (exact) mass is 240 g/mol. The maximum atomic E-state index is 11.6. The minimum Gasteiger partial charge on any atom is -0.496 e. The molecule has 0 aliphatic carbocycles. The van der Waals surface area contributed by atoms with Crippen molar-refractivity contribution >= 4 is 5.97 Å². The zero-order chi connectivity index (χ0) is 13.1. The van der Waals surface area contributed by atoms with Crippen molar-refractivity contribution in [3.8, 4) is 11.5 Å². The van der Waals surface area contributed by atoms with Gasteiger partial charge in [-0.25, -0.2) is 4.79 Å². The standard InChI is InChI=1S/C12H16O5/c1-12(14,11(13)17-4)10-8(15-2)6-5-7-9(10)16-3/h5-7,14H,1-4H3. The van der Waals surface area contributed by atoms with Gasteiger partial charge in [-0.05, 0) is 19.1 Å². The lowest BCUT2D eigenvalue weighted by atomic mass is 9.94. The van der Waals surface area contributed by atoms with Crippen LogP contribution in [0.4, 0.5) is 0 Å². The van der Waals surface area contributed by atoms with Crippen molar-refractivity contribution in [1.82, 2.24) is 0 Å². The van der Waals surface area contributed by atoms with Gasteiger partial charge in [-0.1, -0.05) is 6.07 Å². The van der Waals surface area contributed by atoms with E-state index in [1.807, 2.05) is 0 Å². The van der Waals surface area contributed by atoms with Gasteiger partial charge in [0.1, 0.15) is 11.5 Å². The van der Waals surface area contributed by atoms with Gasteiger partial charge in [0.15, 0.2) is 5.60 Å². The van der Waals surface area contributed by atoms with Crippen molar-refractivity contribution in [2.75, 3.05) is 21.3 Å². The van der Waals surface area contributed by atoms with Gasteiger partial charge in [0.05, 0.1) is 26.9 Å². The molecule has 0 fully saturated rings. The molecular formula is C12H16O5. The number of hydrogen-bond donors (Lipinski definition) is 1. The molecule has 0 spiro atoms. The lowest BCUT2D eigenvalue weighted by Gasteiger charge is -2.24. The van der Waals surface area contributed by atoms with Crippen molar-refractivity contribution in [3.63, 3.8) is 0 Å². The second-order valence-electron chi connectivity index (χ2n) is 3.60. The van der Waals surface area contributed by atoms with Crippen molar-refractivity contribution in [2.24, 2.45) is 0 Å². The summed E-state index contributed by atoms with van der Waals surface area (Å²) in [5.41, 5.74) is -1.58. The van der Waals surface area contributed by atoms with E-state index >= 15 is 0 Å². The van der Waals surface area contributed by atoms with Gasteiger partial charge in [-0.3, -0.25) is 0 Å². The van der Waals surface area contributed by atoms with Crippen LogP contribution in [-0.4, -0.2) is 32.4 Å². The topological polar surface area (TPSA) is 65.0 Å². The van der Waals surface area contributed by atoms with Gasteiger partial charge in [0.25, 0.3) is 0 Å². The number of benzene rings is 1. The first kappa shape index (κ1) is 13.3. The summed E-state index contributed by atoms with van der Waals surface area (Å²) in [6.45, 7) is 1.33. The summed E-state index contributed by atoms with van der Waals surface area (Å²) in [6.07, 6.45) is 0. The number of methoxy groups -OCH3 is 3. The van der Waals surface area contributed by atoms with Crippen molar-refractivity contribution < 1.29 is 24.1 Å². The van der Waals surface area contributed by atoms with Crippen LogP contribution in [0.2, 0.25) is 0 Å². The highest BCUT2D eigenvalue weighted by Gasteiger charge is 2.39.